The van der Waals surface area contributed by atoms with E-state index in [1.807, 2.05) is 13.8 Å². The number of ether oxygens (including phenoxy) is 2. The minimum Gasteiger partial charge on any atom is -0.458 e. The van der Waals surface area contributed by atoms with Gasteiger partial charge in [0.1, 0.15) is 47.9 Å². The molecule has 592 valence electrons. The molecule has 8 fully saturated rings. The summed E-state index contributed by atoms with van der Waals surface area (Å²) in [4.78, 5) is 160. The Bertz CT molecular complexity index is 2980. The first-order valence-corrected chi connectivity index (χ1v) is 39.6. The number of alkyl halides is 2. The normalized spacial score (nSPS) is 32.2. The summed E-state index contributed by atoms with van der Waals surface area (Å²) in [5.41, 5.74) is 16.4. The van der Waals surface area contributed by atoms with E-state index in [1.165, 1.54) is 18.9 Å². The van der Waals surface area contributed by atoms with Crippen LogP contribution in [0.15, 0.2) is 4.99 Å². The lowest BCUT2D eigenvalue weighted by Gasteiger charge is -2.59. The number of aliphatic hydroxyl groups excluding tert-OH is 2. The highest BCUT2D eigenvalue weighted by Crippen LogP contribution is 2.62. The van der Waals surface area contributed by atoms with Gasteiger partial charge in [-0.2, -0.15) is 0 Å². The fourth-order valence-corrected chi connectivity index (χ4v) is 18.0. The number of nitrogens with zero attached hydrogens (tertiary/aromatic N) is 2. The molecule has 13 unspecified atom stereocenters. The molecule has 8 aliphatic rings. The average molecular weight is 1520 g/mol. The summed E-state index contributed by atoms with van der Waals surface area (Å²) < 4.78 is 13.2. The van der Waals surface area contributed by atoms with Crippen LogP contribution in [0.5, 0.6) is 0 Å². The van der Waals surface area contributed by atoms with E-state index >= 15 is 0 Å². The Morgan fingerprint density at radius 3 is 2.09 bits per heavy atom. The van der Waals surface area contributed by atoms with E-state index < -0.39 is 119 Å². The topological polar surface area (TPSA) is 473 Å². The highest BCUT2D eigenvalue weighted by molar-refractivity contribution is 6.22. The van der Waals surface area contributed by atoms with Crippen LogP contribution in [0, 0.1) is 41.4 Å². The monoisotopic (exact) mass is 1520 g/mol. The molecule has 105 heavy (non-hydrogen) atoms. The zero-order valence-electron chi connectivity index (χ0n) is 61.8. The maximum Gasteiger partial charge on any atom is 0.309 e. The Hall–Kier alpha value is -6.22. The number of aliphatic hydroxyl groups is 2. The maximum atomic E-state index is 14.7. The van der Waals surface area contributed by atoms with Crippen molar-refractivity contribution >= 4 is 94.2 Å². The van der Waals surface area contributed by atoms with E-state index in [4.69, 9.17) is 49.9 Å². The molecule has 4 aliphatic carbocycles. The second-order valence-electron chi connectivity index (χ2n) is 31.1. The van der Waals surface area contributed by atoms with Crippen molar-refractivity contribution in [2.75, 3.05) is 53.0 Å². The van der Waals surface area contributed by atoms with Crippen molar-refractivity contribution in [2.24, 2.45) is 63.6 Å². The molecule has 0 radical (unpaired) electrons. The van der Waals surface area contributed by atoms with Crippen LogP contribution in [0.4, 0.5) is 0 Å². The number of likely N-dealkylation sites (N-methyl/N-ethyl adjacent to an activating group) is 1. The molecule has 4 aliphatic heterocycles. The number of amides is 10. The molecule has 10 amide bonds. The number of hydrogen-bond acceptors (Lipinski definition) is 19. The van der Waals surface area contributed by atoms with Gasteiger partial charge in [-0.1, -0.05) is 20.3 Å². The van der Waals surface area contributed by atoms with Gasteiger partial charge in [0.2, 0.25) is 59.1 Å². The number of nitrogens with two attached hydrogens (primary N) is 3. The van der Waals surface area contributed by atoms with Crippen LogP contribution < -0.4 is 75.7 Å². The van der Waals surface area contributed by atoms with E-state index in [2.05, 4.69) is 63.5 Å². The summed E-state index contributed by atoms with van der Waals surface area (Å²) in [6, 6.07) is -8.68. The van der Waals surface area contributed by atoms with Crippen molar-refractivity contribution in [3.8, 4) is 0 Å². The van der Waals surface area contributed by atoms with Crippen LogP contribution in [-0.4, -0.2) is 228 Å². The van der Waals surface area contributed by atoms with Gasteiger partial charge < -0.3 is 100 Å². The van der Waals surface area contributed by atoms with Crippen molar-refractivity contribution in [1.82, 2.24) is 63.4 Å². The van der Waals surface area contributed by atoms with Gasteiger partial charge in [-0.25, -0.2) is 0 Å². The lowest BCUT2D eigenvalue weighted by atomic mass is 9.54. The van der Waals surface area contributed by atoms with Crippen LogP contribution >= 0.6 is 23.2 Å². The summed E-state index contributed by atoms with van der Waals surface area (Å²) in [5.74, 6) is -7.66. The summed E-state index contributed by atoms with van der Waals surface area (Å²) in [5, 5.41) is 52.5. The van der Waals surface area contributed by atoms with Gasteiger partial charge in [0.05, 0.1) is 36.9 Å². The molecule has 0 aromatic rings. The van der Waals surface area contributed by atoms with Crippen molar-refractivity contribution < 1.29 is 72.4 Å². The molecule has 8 rings (SSSR count). The third kappa shape index (κ3) is 23.9. The van der Waals surface area contributed by atoms with Crippen LogP contribution in [-0.2, 0) is 62.2 Å². The summed E-state index contributed by atoms with van der Waals surface area (Å²) in [6.07, 6.45) is 9.28. The number of aliphatic imine (C=N–C) groups is 1. The van der Waals surface area contributed by atoms with Gasteiger partial charge >= 0.3 is 5.97 Å². The number of hydrogen-bond donors (Lipinski definition) is 16. The minimum absolute atomic E-state index is 0.0378. The second kappa shape index (κ2) is 40.8. The average Bonchev–Trinajstić information content (AvgIpc) is 1.57. The molecule has 0 aromatic heterocycles. The van der Waals surface area contributed by atoms with Crippen molar-refractivity contribution in [1.29, 1.82) is 0 Å². The first kappa shape index (κ1) is 84.4. The number of unbranched alkanes of at least 4 members (excludes halogenated alkanes) is 3. The zero-order valence-corrected chi connectivity index (χ0v) is 63.3. The molecule has 0 aromatic carbocycles. The number of esters is 1. The Morgan fingerprint density at radius 2 is 1.40 bits per heavy atom. The van der Waals surface area contributed by atoms with Gasteiger partial charge in [0.25, 0.3) is 0 Å². The van der Waals surface area contributed by atoms with Crippen molar-refractivity contribution in [3.63, 3.8) is 0 Å². The molecular weight excluding hydrogens is 1400 g/mol. The first-order chi connectivity index (χ1) is 50.1. The summed E-state index contributed by atoms with van der Waals surface area (Å²) >= 11 is 13.4. The number of guanidine groups is 1. The van der Waals surface area contributed by atoms with E-state index in [1.54, 1.807) is 0 Å². The molecule has 33 heteroatoms. The predicted molar refractivity (Wildman–Crippen MR) is 392 cm³/mol. The lowest BCUT2D eigenvalue weighted by molar-refractivity contribution is -0.268. The van der Waals surface area contributed by atoms with Gasteiger partial charge in [-0.3, -0.25) is 57.7 Å². The molecular formula is C72H120Cl2N16O15. The third-order valence-electron chi connectivity index (χ3n) is 22.9. The number of halogens is 2. The van der Waals surface area contributed by atoms with Gasteiger partial charge in [-0.05, 0) is 186 Å². The third-order valence-corrected chi connectivity index (χ3v) is 23.8. The Kier molecular flexibility index (Phi) is 32.8. The first-order valence-electron chi connectivity index (χ1n) is 38.8. The van der Waals surface area contributed by atoms with Crippen LogP contribution in [0.2, 0.25) is 0 Å². The summed E-state index contributed by atoms with van der Waals surface area (Å²) in [7, 11) is 1.46. The molecule has 4 heterocycles. The number of nitrogens with one attached hydrogen (secondary N) is 11. The minimum atomic E-state index is -1.35. The second-order valence-corrected chi connectivity index (χ2v) is 32.3. The molecule has 19 N–H and O–H groups in total. The molecule has 4 saturated carbocycles. The lowest BCUT2D eigenvalue weighted by Crippen LogP contribution is -2.66. The van der Waals surface area contributed by atoms with Crippen LogP contribution in [0.25, 0.3) is 0 Å². The molecule has 1 spiro atoms. The molecule has 20 atom stereocenters. The van der Waals surface area contributed by atoms with E-state index in [0.29, 0.717) is 142 Å². The van der Waals surface area contributed by atoms with E-state index in [0.717, 1.165) is 0 Å². The number of carbonyl (C=O) groups is 11. The Labute approximate surface area is 627 Å². The number of rotatable bonds is 30. The standard InChI is InChI=1S/C72H120Cl2N16O15/c1-39(2)29-56-69(102)90(4)57(32-42-30-43(73)18-24-51(42)74)68(101)82-37-61(94)79-26-11-8-14-53(66(99)89-56)87-65(98)54(15-12-28-81-71(76)77)88-64(97)52(13-7-9-25-75)86-62(95)40(3)84-67(100)55(33-44-36-78-38-83-44)85-60(93)16-6-5-10-27-80-63(96)41-17-21-48-47(31-41)70(103)105-72(48)49-22-19-45(91)34-58(49)104-59-35-46(92)20-23-50(59)72/h39-59,78,83,91-92H,5-38,75H2,1-4H3,(H,79,94)(H,80,96)(H,82,101)(H,84,100)(H,85,93)(H,86,95)(H,87,98)(H,88,97)(H,89,99)(H4,76,77,81)/t40-,41?,42?,43?,44?,45?,46?,47?,48?,49?,50?,51?,52-,53-,54-,55-,56-,57-,58?,59?,72?/m0/s1. The highest BCUT2D eigenvalue weighted by atomic mass is 35.5. The fraction of sp³-hybridized carbons (Fsp3) is 0.833. The SMILES string of the molecule is CC(C)C[C@@H]1NC(=O)[C@@H](NC(=O)[C@H](CCCN=C(N)N)NC(=O)[C@H](CCCCN)NC(=O)[C@H](C)NC(=O)[C@H](CC2CNCN2)NC(=O)CCCCCNC(=O)C2CCC3C(C2)C(=O)OC32C3CCC(O)CC3OC3CC(O)CCC32)CCCCNC(=O)CNC(=O)[C@H](CC2CC(Cl)CCC2Cl)N(C)C1=O. The van der Waals surface area contributed by atoms with Crippen molar-refractivity contribution in [2.45, 2.75) is 283 Å². The largest absolute Gasteiger partial charge is 0.458 e. The molecule has 31 nitrogen and oxygen atoms in total. The van der Waals surface area contributed by atoms with Crippen molar-refractivity contribution in [3.05, 3.63) is 0 Å². The zero-order chi connectivity index (χ0) is 76.1. The van der Waals surface area contributed by atoms with Crippen LogP contribution in [0.3, 0.4) is 0 Å². The maximum absolute atomic E-state index is 14.7. The Balaban J connectivity index is 0.854. The fourth-order valence-electron chi connectivity index (χ4n) is 17.3. The van der Waals surface area contributed by atoms with Gasteiger partial charge in [0, 0.05) is 86.8 Å². The number of carbonyl (C=O) groups excluding carboxylic acids is 11. The molecule has 0 bridgehead atoms. The molecule has 4 saturated heterocycles. The highest BCUT2D eigenvalue weighted by Gasteiger charge is 2.69. The van der Waals surface area contributed by atoms with Gasteiger partial charge in [0.15, 0.2) is 5.96 Å². The van der Waals surface area contributed by atoms with E-state index in [9.17, 15) is 63.0 Å². The number of fused-ring (bicyclic) bond motifs is 6. The quantitative estimate of drug-likeness (QED) is 0.0145. The van der Waals surface area contributed by atoms with Crippen LogP contribution in [0.1, 0.15) is 194 Å². The van der Waals surface area contributed by atoms with E-state index in [-0.39, 0.29) is 160 Å². The Morgan fingerprint density at radius 1 is 0.714 bits per heavy atom. The predicted octanol–water partition coefficient (Wildman–Crippen LogP) is -0.205. The summed E-state index contributed by atoms with van der Waals surface area (Å²) in [6.45, 7) is 6.66. The smallest absolute Gasteiger partial charge is 0.309 e. The van der Waals surface area contributed by atoms with Gasteiger partial charge in [-0.15, -0.1) is 23.2 Å².